The van der Waals surface area contributed by atoms with E-state index in [-0.39, 0.29) is 34.2 Å². The van der Waals surface area contributed by atoms with Crippen LogP contribution < -0.4 is 9.03 Å². The molecule has 1 N–H and O–H groups in total. The molecule has 1 atom stereocenters. The molecule has 0 aliphatic rings. The molecule has 0 spiro atoms. The van der Waals surface area contributed by atoms with Crippen molar-refractivity contribution in [2.24, 2.45) is 0 Å². The first-order chi connectivity index (χ1) is 13.5. The number of rotatable bonds is 9. The van der Waals surface area contributed by atoms with Gasteiger partial charge in [0.25, 0.3) is 10.0 Å². The van der Waals surface area contributed by atoms with Crippen molar-refractivity contribution in [3.05, 3.63) is 58.3 Å². The Labute approximate surface area is 180 Å². The van der Waals surface area contributed by atoms with Crippen LogP contribution in [-0.2, 0) is 20.0 Å². The lowest BCUT2D eigenvalue weighted by molar-refractivity contribution is 0.555. The van der Waals surface area contributed by atoms with E-state index < -0.39 is 31.9 Å². The number of benzene rings is 2. The van der Waals surface area contributed by atoms with E-state index in [4.69, 9.17) is 23.2 Å². The standard InChI is InChI=1S/C18H21Cl2FN2O4S2/c1-13(4-3-11-28(24,25)22-2)23(18-10-7-15(20)12-17(18)21)29(26,27)16-8-5-14(19)6-9-16/h5-10,12-13,22H,3-4,11H2,1-2H3. The smallest absolute Gasteiger partial charge is 0.261 e. The van der Waals surface area contributed by atoms with Crippen LogP contribution >= 0.6 is 23.2 Å². The van der Waals surface area contributed by atoms with E-state index in [1.54, 1.807) is 6.92 Å². The quantitative estimate of drug-likeness (QED) is 0.584. The second-order valence-corrected chi connectivity index (χ2v) is 11.1. The first-order valence-corrected chi connectivity index (χ1v) is 12.5. The fourth-order valence-electron chi connectivity index (χ4n) is 2.77. The van der Waals surface area contributed by atoms with Crippen LogP contribution in [0.2, 0.25) is 10.0 Å². The van der Waals surface area contributed by atoms with Crippen LogP contribution in [0.25, 0.3) is 0 Å². The molecule has 0 aliphatic heterocycles. The number of nitrogens with zero attached hydrogens (tertiary/aromatic N) is 1. The van der Waals surface area contributed by atoms with Gasteiger partial charge in [-0.3, -0.25) is 4.31 Å². The predicted molar refractivity (Wildman–Crippen MR) is 114 cm³/mol. The highest BCUT2D eigenvalue weighted by Gasteiger charge is 2.31. The molecule has 0 saturated heterocycles. The minimum Gasteiger partial charge on any atom is -0.261 e. The van der Waals surface area contributed by atoms with Crippen molar-refractivity contribution in [1.29, 1.82) is 0 Å². The largest absolute Gasteiger partial charge is 0.264 e. The lowest BCUT2D eigenvalue weighted by Crippen LogP contribution is -2.39. The third-order valence-electron chi connectivity index (χ3n) is 4.26. The van der Waals surface area contributed by atoms with Crippen molar-refractivity contribution >= 4 is 48.9 Å². The molecule has 2 aromatic rings. The highest BCUT2D eigenvalue weighted by Crippen LogP contribution is 2.32. The fraction of sp³-hybridized carbons (Fsp3) is 0.333. The van der Waals surface area contributed by atoms with E-state index in [1.807, 2.05) is 0 Å². The monoisotopic (exact) mass is 482 g/mol. The molecule has 2 rings (SSSR count). The van der Waals surface area contributed by atoms with E-state index in [1.165, 1.54) is 43.4 Å². The Kier molecular flexibility index (Phi) is 7.92. The van der Waals surface area contributed by atoms with E-state index in [0.717, 1.165) is 10.4 Å². The van der Waals surface area contributed by atoms with Gasteiger partial charge in [-0.05, 0) is 69.3 Å². The second-order valence-electron chi connectivity index (χ2n) is 6.36. The van der Waals surface area contributed by atoms with Crippen molar-refractivity contribution in [1.82, 2.24) is 4.72 Å². The van der Waals surface area contributed by atoms with Crippen molar-refractivity contribution in [3.8, 4) is 0 Å². The Morgan fingerprint density at radius 2 is 1.62 bits per heavy atom. The molecule has 0 saturated carbocycles. The molecular weight excluding hydrogens is 462 g/mol. The van der Waals surface area contributed by atoms with E-state index >= 15 is 0 Å². The fourth-order valence-corrected chi connectivity index (χ4v) is 5.50. The maximum absolute atomic E-state index is 14.6. The molecule has 0 aromatic heterocycles. The van der Waals surface area contributed by atoms with Gasteiger partial charge in [0.1, 0.15) is 5.82 Å². The topological polar surface area (TPSA) is 83.6 Å². The Morgan fingerprint density at radius 3 is 2.17 bits per heavy atom. The van der Waals surface area contributed by atoms with Gasteiger partial charge in [0.2, 0.25) is 10.0 Å². The third kappa shape index (κ3) is 6.05. The highest BCUT2D eigenvalue weighted by molar-refractivity contribution is 7.92. The number of nitrogens with one attached hydrogen (secondary N) is 1. The number of hydrogen-bond acceptors (Lipinski definition) is 4. The summed E-state index contributed by atoms with van der Waals surface area (Å²) in [7, 11) is -6.28. The summed E-state index contributed by atoms with van der Waals surface area (Å²) in [5, 5.41) is 0.487. The summed E-state index contributed by atoms with van der Waals surface area (Å²) in [6.45, 7) is 1.59. The summed E-state index contributed by atoms with van der Waals surface area (Å²) in [6.07, 6.45) is 0.377. The minimum atomic E-state index is -4.15. The lowest BCUT2D eigenvalue weighted by Gasteiger charge is -2.31. The first kappa shape index (κ1) is 23.9. The van der Waals surface area contributed by atoms with Crippen molar-refractivity contribution in [2.75, 3.05) is 17.1 Å². The zero-order valence-corrected chi connectivity index (χ0v) is 18.9. The molecule has 29 heavy (non-hydrogen) atoms. The molecule has 11 heteroatoms. The molecule has 0 radical (unpaired) electrons. The lowest BCUT2D eigenvalue weighted by atomic mass is 10.2. The van der Waals surface area contributed by atoms with Gasteiger partial charge in [0, 0.05) is 16.1 Å². The van der Waals surface area contributed by atoms with E-state index in [0.29, 0.717) is 5.02 Å². The Bertz CT molecular complexity index is 1060. The Balaban J connectivity index is 2.44. The summed E-state index contributed by atoms with van der Waals surface area (Å²) < 4.78 is 67.6. The highest BCUT2D eigenvalue weighted by atomic mass is 35.5. The maximum Gasteiger partial charge on any atom is 0.264 e. The molecule has 0 bridgehead atoms. The average Bonchev–Trinajstić information content (AvgIpc) is 2.64. The maximum atomic E-state index is 14.6. The van der Waals surface area contributed by atoms with Crippen LogP contribution in [0, 0.1) is 5.82 Å². The SMILES string of the molecule is CNS(=O)(=O)CCCC(C)N(c1ccc(Cl)cc1F)S(=O)(=O)c1ccc(Cl)cc1. The summed E-state index contributed by atoms with van der Waals surface area (Å²) in [4.78, 5) is -0.0639. The number of sulfonamides is 2. The van der Waals surface area contributed by atoms with Gasteiger partial charge in [-0.15, -0.1) is 0 Å². The zero-order valence-electron chi connectivity index (χ0n) is 15.8. The molecule has 0 aliphatic carbocycles. The van der Waals surface area contributed by atoms with Crippen molar-refractivity contribution < 1.29 is 21.2 Å². The number of halogens is 3. The molecule has 0 amide bonds. The van der Waals surface area contributed by atoms with Crippen molar-refractivity contribution in [2.45, 2.75) is 30.7 Å². The summed E-state index contributed by atoms with van der Waals surface area (Å²) in [6, 6.07) is 8.49. The Hall–Kier alpha value is -1.39. The van der Waals surface area contributed by atoms with Crippen LogP contribution in [0.1, 0.15) is 19.8 Å². The molecule has 6 nitrogen and oxygen atoms in total. The van der Waals surface area contributed by atoms with Gasteiger partial charge >= 0.3 is 0 Å². The van der Waals surface area contributed by atoms with Gasteiger partial charge < -0.3 is 0 Å². The van der Waals surface area contributed by atoms with Crippen LogP contribution in [0.15, 0.2) is 47.4 Å². The van der Waals surface area contributed by atoms with Gasteiger partial charge in [-0.1, -0.05) is 23.2 Å². The first-order valence-electron chi connectivity index (χ1n) is 8.64. The van der Waals surface area contributed by atoms with E-state index in [2.05, 4.69) is 4.72 Å². The van der Waals surface area contributed by atoms with Crippen LogP contribution in [0.3, 0.4) is 0 Å². The van der Waals surface area contributed by atoms with Gasteiger partial charge in [0.15, 0.2) is 0 Å². The number of anilines is 1. The molecule has 0 fully saturated rings. The zero-order chi connectivity index (χ0) is 21.8. The molecule has 160 valence electrons. The molecule has 1 unspecified atom stereocenters. The van der Waals surface area contributed by atoms with Crippen LogP contribution in [0.5, 0.6) is 0 Å². The predicted octanol–water partition coefficient (Wildman–Crippen LogP) is 4.05. The normalized spacial score (nSPS) is 13.3. The summed E-state index contributed by atoms with van der Waals surface area (Å²) in [5.41, 5.74) is -0.173. The van der Waals surface area contributed by atoms with Crippen molar-refractivity contribution in [3.63, 3.8) is 0 Å². The Morgan fingerprint density at radius 1 is 1.03 bits per heavy atom. The summed E-state index contributed by atoms with van der Waals surface area (Å²) >= 11 is 11.6. The summed E-state index contributed by atoms with van der Waals surface area (Å²) in [5.74, 6) is -0.976. The van der Waals surface area contributed by atoms with Crippen LogP contribution in [0.4, 0.5) is 10.1 Å². The third-order valence-corrected chi connectivity index (χ3v) is 8.14. The van der Waals surface area contributed by atoms with Gasteiger partial charge in [-0.25, -0.2) is 25.9 Å². The van der Waals surface area contributed by atoms with Gasteiger partial charge in [0.05, 0.1) is 16.3 Å². The average molecular weight is 483 g/mol. The van der Waals surface area contributed by atoms with Crippen LogP contribution in [-0.4, -0.2) is 35.7 Å². The van der Waals surface area contributed by atoms with E-state index in [9.17, 15) is 21.2 Å². The molecular formula is C18H21Cl2FN2O4S2. The minimum absolute atomic E-state index is 0.0639. The molecule has 2 aromatic carbocycles. The van der Waals surface area contributed by atoms with Gasteiger partial charge in [-0.2, -0.15) is 0 Å². The molecule has 0 heterocycles. The second kappa shape index (κ2) is 9.61. The number of hydrogen-bond donors (Lipinski definition) is 1.